The van der Waals surface area contributed by atoms with Gasteiger partial charge in [0.2, 0.25) is 0 Å². The van der Waals surface area contributed by atoms with Gasteiger partial charge in [0.15, 0.2) is 0 Å². The van der Waals surface area contributed by atoms with Crippen LogP contribution in [0.15, 0.2) is 39.9 Å². The number of H-pyrrole nitrogens is 1. The zero-order valence-electron chi connectivity index (χ0n) is 11.9. The van der Waals surface area contributed by atoms with Gasteiger partial charge in [-0.05, 0) is 12.5 Å². The molecule has 0 saturated heterocycles. The lowest BCUT2D eigenvalue weighted by atomic mass is 10.2. The smallest absolute Gasteiger partial charge is 0.363 e. The van der Waals surface area contributed by atoms with E-state index in [0.29, 0.717) is 6.54 Å². The fourth-order valence-corrected chi connectivity index (χ4v) is 1.91. The van der Waals surface area contributed by atoms with Crippen LogP contribution in [0.5, 0.6) is 0 Å². The molecule has 1 aromatic heterocycles. The van der Waals surface area contributed by atoms with Crippen molar-refractivity contribution >= 4 is 11.7 Å². The van der Waals surface area contributed by atoms with E-state index < -0.39 is 17.2 Å². The van der Waals surface area contributed by atoms with Gasteiger partial charge in [0, 0.05) is 13.1 Å². The van der Waals surface area contributed by atoms with Crippen molar-refractivity contribution in [3.63, 3.8) is 0 Å². The summed E-state index contributed by atoms with van der Waals surface area (Å²) in [6.45, 7) is 2.35. The molecule has 2 aromatic rings. The number of amides is 1. The summed E-state index contributed by atoms with van der Waals surface area (Å²) in [4.78, 5) is 37.8. The van der Waals surface area contributed by atoms with Crippen LogP contribution in [0.25, 0.3) is 0 Å². The minimum atomic E-state index is -1.08. The average molecular weight is 304 g/mol. The molecular weight excluding hydrogens is 288 g/mol. The number of carbonyl (C=O) groups excluding carboxylic acids is 1. The molecule has 0 radical (unpaired) electrons. The van der Waals surface area contributed by atoms with E-state index in [9.17, 15) is 19.6 Å². The molecule has 0 aliphatic carbocycles. The maximum absolute atomic E-state index is 12.2. The molecule has 0 atom stereocenters. The summed E-state index contributed by atoms with van der Waals surface area (Å²) in [7, 11) is 0. The Morgan fingerprint density at radius 1 is 1.27 bits per heavy atom. The Kier molecular flexibility index (Phi) is 4.62. The number of nitrogens with one attached hydrogen (secondary N) is 3. The van der Waals surface area contributed by atoms with Gasteiger partial charge in [-0.25, -0.2) is 4.79 Å². The quantitative estimate of drug-likeness (QED) is 0.586. The van der Waals surface area contributed by atoms with Crippen LogP contribution in [0.2, 0.25) is 0 Å². The van der Waals surface area contributed by atoms with Gasteiger partial charge in [-0.2, -0.15) is 0 Å². The van der Waals surface area contributed by atoms with Crippen molar-refractivity contribution in [2.45, 2.75) is 13.5 Å². The summed E-state index contributed by atoms with van der Waals surface area (Å²) in [5.41, 5.74) is -1.58. The van der Waals surface area contributed by atoms with E-state index in [-0.39, 0.29) is 22.7 Å². The molecular formula is C14H16N4O4. The number of benzene rings is 1. The summed E-state index contributed by atoms with van der Waals surface area (Å²) in [5.74, 6) is -0.711. The number of aromatic amines is 1. The fraction of sp³-hybridized carbons (Fsp3) is 0.214. The molecule has 116 valence electrons. The molecule has 0 spiro atoms. The van der Waals surface area contributed by atoms with Crippen molar-refractivity contribution in [3.05, 3.63) is 62.3 Å². The first-order valence-electron chi connectivity index (χ1n) is 6.69. The van der Waals surface area contributed by atoms with Gasteiger partial charge in [-0.1, -0.05) is 35.1 Å². The van der Waals surface area contributed by atoms with Crippen molar-refractivity contribution in [2.75, 3.05) is 11.9 Å². The van der Waals surface area contributed by atoms with Gasteiger partial charge in [0.05, 0.1) is 0 Å². The molecule has 1 amide bonds. The Bertz CT molecular complexity index is 780. The van der Waals surface area contributed by atoms with E-state index in [0.717, 1.165) is 5.56 Å². The third kappa shape index (κ3) is 3.17. The van der Waals surface area contributed by atoms with E-state index in [1.807, 2.05) is 30.3 Å². The van der Waals surface area contributed by atoms with E-state index in [1.165, 1.54) is 0 Å². The van der Waals surface area contributed by atoms with Gasteiger partial charge in [0.25, 0.3) is 5.91 Å². The van der Waals surface area contributed by atoms with E-state index >= 15 is 0 Å². The Morgan fingerprint density at radius 2 is 1.95 bits per heavy atom. The van der Waals surface area contributed by atoms with E-state index in [2.05, 4.69) is 15.6 Å². The highest BCUT2D eigenvalue weighted by Crippen LogP contribution is 2.05. The Morgan fingerprint density at radius 3 is 2.59 bits per heavy atom. The molecule has 0 bridgehead atoms. The Labute approximate surface area is 125 Å². The zero-order valence-corrected chi connectivity index (χ0v) is 11.9. The van der Waals surface area contributed by atoms with Crippen LogP contribution in [0.1, 0.15) is 22.8 Å². The summed E-state index contributed by atoms with van der Waals surface area (Å²) < 4.78 is -0.127. The van der Waals surface area contributed by atoms with Gasteiger partial charge >= 0.3 is 11.2 Å². The normalized spacial score (nSPS) is 10.2. The molecule has 0 saturated carbocycles. The standard InChI is InChI=1S/C14H16N4O4/c1-2-15-11-10(13(20)18(22)14(21)17-11)12(19)16-8-9-6-4-3-5-7-9/h3-7,15,22H,2,8H2,1H3,(H,16,19)(H,17,21). The largest absolute Gasteiger partial charge is 0.421 e. The third-order valence-corrected chi connectivity index (χ3v) is 2.96. The van der Waals surface area contributed by atoms with Crippen LogP contribution in [0.3, 0.4) is 0 Å². The topological polar surface area (TPSA) is 116 Å². The van der Waals surface area contributed by atoms with Crippen molar-refractivity contribution in [3.8, 4) is 0 Å². The monoisotopic (exact) mass is 304 g/mol. The lowest BCUT2D eigenvalue weighted by Crippen LogP contribution is -2.41. The van der Waals surface area contributed by atoms with Crippen molar-refractivity contribution in [2.24, 2.45) is 0 Å². The van der Waals surface area contributed by atoms with Gasteiger partial charge < -0.3 is 15.8 Å². The lowest BCUT2D eigenvalue weighted by molar-refractivity contribution is 0.0940. The van der Waals surface area contributed by atoms with Gasteiger partial charge in [-0.3, -0.25) is 14.6 Å². The number of anilines is 1. The van der Waals surface area contributed by atoms with Crippen molar-refractivity contribution in [1.82, 2.24) is 15.0 Å². The third-order valence-electron chi connectivity index (χ3n) is 2.96. The minimum absolute atomic E-state index is 0.0200. The summed E-state index contributed by atoms with van der Waals surface area (Å²) >= 11 is 0. The first-order valence-corrected chi connectivity index (χ1v) is 6.69. The van der Waals surface area contributed by atoms with Crippen LogP contribution < -0.4 is 21.9 Å². The minimum Gasteiger partial charge on any atom is -0.421 e. The molecule has 22 heavy (non-hydrogen) atoms. The van der Waals surface area contributed by atoms with E-state index in [1.54, 1.807) is 6.92 Å². The first kappa shape index (κ1) is 15.4. The molecule has 0 unspecified atom stereocenters. The van der Waals surface area contributed by atoms with Crippen molar-refractivity contribution in [1.29, 1.82) is 0 Å². The molecule has 8 nitrogen and oxygen atoms in total. The van der Waals surface area contributed by atoms with Crippen molar-refractivity contribution < 1.29 is 10.0 Å². The second kappa shape index (κ2) is 6.61. The number of rotatable bonds is 5. The highest BCUT2D eigenvalue weighted by atomic mass is 16.5. The molecule has 8 heteroatoms. The summed E-state index contributed by atoms with van der Waals surface area (Å²) in [6.07, 6.45) is 0. The second-order valence-corrected chi connectivity index (χ2v) is 4.50. The highest BCUT2D eigenvalue weighted by molar-refractivity contribution is 5.98. The van der Waals surface area contributed by atoms with E-state index in [4.69, 9.17) is 0 Å². The summed E-state index contributed by atoms with van der Waals surface area (Å²) in [5, 5.41) is 14.7. The van der Waals surface area contributed by atoms with Gasteiger partial charge in [0.1, 0.15) is 11.4 Å². The predicted octanol–water partition coefficient (Wildman–Crippen LogP) is 0.136. The van der Waals surface area contributed by atoms with Crippen LogP contribution in [0.4, 0.5) is 5.82 Å². The lowest BCUT2D eigenvalue weighted by Gasteiger charge is -2.10. The van der Waals surface area contributed by atoms with Crippen LogP contribution in [0, 0.1) is 0 Å². The first-order chi connectivity index (χ1) is 10.5. The Balaban J connectivity index is 2.30. The maximum atomic E-state index is 12.2. The molecule has 0 aliphatic heterocycles. The summed E-state index contributed by atoms with van der Waals surface area (Å²) in [6, 6.07) is 9.14. The number of carbonyl (C=O) groups is 1. The van der Waals surface area contributed by atoms with Crippen LogP contribution in [-0.2, 0) is 6.54 Å². The highest BCUT2D eigenvalue weighted by Gasteiger charge is 2.20. The average Bonchev–Trinajstić information content (AvgIpc) is 2.52. The van der Waals surface area contributed by atoms with Crippen LogP contribution >= 0.6 is 0 Å². The SMILES string of the molecule is CCNc1[nH]c(=O)n(O)c(=O)c1C(=O)NCc1ccccc1. The number of nitrogens with zero attached hydrogens (tertiary/aromatic N) is 1. The Hall–Kier alpha value is -3.03. The molecule has 1 heterocycles. The van der Waals surface area contributed by atoms with Gasteiger partial charge in [-0.15, -0.1) is 0 Å². The fourth-order valence-electron chi connectivity index (χ4n) is 1.91. The predicted molar refractivity (Wildman–Crippen MR) is 80.3 cm³/mol. The number of aromatic nitrogens is 2. The molecule has 0 aliphatic rings. The zero-order chi connectivity index (χ0) is 16.1. The number of hydrogen-bond acceptors (Lipinski definition) is 5. The molecule has 2 rings (SSSR count). The number of hydrogen-bond donors (Lipinski definition) is 4. The van der Waals surface area contributed by atoms with Crippen LogP contribution in [-0.4, -0.2) is 27.4 Å². The maximum Gasteiger partial charge on any atom is 0.363 e. The molecule has 1 aromatic carbocycles. The molecule has 0 fully saturated rings. The second-order valence-electron chi connectivity index (χ2n) is 4.50. The molecule has 4 N–H and O–H groups in total.